The fourth-order valence-electron chi connectivity index (χ4n) is 2.17. The van der Waals surface area contributed by atoms with Crippen molar-refractivity contribution >= 4 is 41.5 Å². The number of rotatable bonds is 5. The molecule has 0 amide bonds. The van der Waals surface area contributed by atoms with Gasteiger partial charge in [0.1, 0.15) is 0 Å². The van der Waals surface area contributed by atoms with Gasteiger partial charge in [-0.2, -0.15) is 12.6 Å². The van der Waals surface area contributed by atoms with E-state index >= 15 is 0 Å². The summed E-state index contributed by atoms with van der Waals surface area (Å²) in [5, 5.41) is 11.0. The van der Waals surface area contributed by atoms with Crippen molar-refractivity contribution in [2.75, 3.05) is 25.6 Å². The van der Waals surface area contributed by atoms with Gasteiger partial charge in [0, 0.05) is 30.8 Å². The molecule has 21 heavy (non-hydrogen) atoms. The van der Waals surface area contributed by atoms with E-state index in [1.807, 2.05) is 0 Å². The normalized spacial score (nSPS) is 17.5. The molecule has 0 bridgehead atoms. The summed E-state index contributed by atoms with van der Waals surface area (Å²) >= 11 is 16.5. The van der Waals surface area contributed by atoms with Gasteiger partial charge in [0.2, 0.25) is 0 Å². The number of thiol groups is 1. The molecule has 1 heterocycles. The zero-order valence-corrected chi connectivity index (χ0v) is 13.6. The third-order valence-electron chi connectivity index (χ3n) is 3.61. The number of hydrogen-bond donors (Lipinski definition) is 1. The Hall–Kier alpha value is -0.690. The lowest BCUT2D eigenvalue weighted by Gasteiger charge is -2.35. The summed E-state index contributed by atoms with van der Waals surface area (Å²) < 4.78 is 11.1. The molecule has 1 aromatic carbocycles. The van der Waals surface area contributed by atoms with Crippen LogP contribution in [0.2, 0.25) is 10.0 Å². The third-order valence-corrected chi connectivity index (χ3v) is 4.84. The maximum atomic E-state index is 10.7. The number of benzene rings is 1. The van der Waals surface area contributed by atoms with E-state index in [1.54, 1.807) is 0 Å². The summed E-state index contributed by atoms with van der Waals surface area (Å²) in [7, 11) is 0. The zero-order chi connectivity index (χ0) is 15.5. The minimum Gasteiger partial charge on any atom is -0.490 e. The van der Waals surface area contributed by atoms with Crippen molar-refractivity contribution in [2.45, 2.75) is 12.8 Å². The molecule has 0 saturated carbocycles. The molecule has 2 rings (SSSR count). The number of ether oxygens (including phenoxy) is 2. The average Bonchev–Trinajstić information content (AvgIpc) is 2.47. The van der Waals surface area contributed by atoms with E-state index in [2.05, 4.69) is 12.6 Å². The van der Waals surface area contributed by atoms with Gasteiger partial charge >= 0.3 is 0 Å². The molecule has 1 saturated heterocycles. The molecule has 8 heteroatoms. The Morgan fingerprint density at radius 1 is 1.33 bits per heavy atom. The van der Waals surface area contributed by atoms with Crippen LogP contribution in [0.4, 0.5) is 5.69 Å². The monoisotopic (exact) mass is 351 g/mol. The molecular weight excluding hydrogens is 337 g/mol. The molecule has 1 aliphatic heterocycles. The van der Waals surface area contributed by atoms with Gasteiger partial charge in [-0.05, 0) is 18.6 Å². The molecule has 1 aliphatic rings. The zero-order valence-electron chi connectivity index (χ0n) is 11.2. The Morgan fingerprint density at radius 3 is 2.38 bits per heavy atom. The predicted molar refractivity (Wildman–Crippen MR) is 85.0 cm³/mol. The fourth-order valence-corrected chi connectivity index (χ4v) is 3.16. The van der Waals surface area contributed by atoms with Crippen LogP contribution in [0.5, 0.6) is 5.75 Å². The van der Waals surface area contributed by atoms with Gasteiger partial charge in [0.15, 0.2) is 5.75 Å². The van der Waals surface area contributed by atoms with Crippen molar-refractivity contribution in [1.29, 1.82) is 0 Å². The summed E-state index contributed by atoms with van der Waals surface area (Å²) in [4.78, 5) is 10.2. The standard InChI is InChI=1S/C13H15Cl2NO4S/c14-10-5-9(16(17)18)6-11(15)12(10)20-7-13(8-21)1-3-19-4-2-13/h5-6,21H,1-4,7-8H2. The van der Waals surface area contributed by atoms with Crippen molar-refractivity contribution in [3.63, 3.8) is 0 Å². The van der Waals surface area contributed by atoms with Crippen LogP contribution in [0.25, 0.3) is 0 Å². The van der Waals surface area contributed by atoms with Crippen molar-refractivity contribution in [3.8, 4) is 5.75 Å². The maximum Gasteiger partial charge on any atom is 0.272 e. The van der Waals surface area contributed by atoms with Crippen LogP contribution >= 0.6 is 35.8 Å². The molecule has 0 N–H and O–H groups in total. The minimum absolute atomic E-state index is 0.0875. The highest BCUT2D eigenvalue weighted by Gasteiger charge is 2.33. The number of nitrogens with zero attached hydrogens (tertiary/aromatic N) is 1. The number of nitro groups is 1. The second-order valence-corrected chi connectivity index (χ2v) is 6.19. The van der Waals surface area contributed by atoms with E-state index in [0.29, 0.717) is 25.6 Å². The van der Waals surface area contributed by atoms with E-state index in [4.69, 9.17) is 32.7 Å². The molecular formula is C13H15Cl2NO4S. The Morgan fingerprint density at radius 2 is 1.90 bits per heavy atom. The largest absolute Gasteiger partial charge is 0.490 e. The van der Waals surface area contributed by atoms with Crippen LogP contribution in [0.15, 0.2) is 12.1 Å². The van der Waals surface area contributed by atoms with Gasteiger partial charge in [0.25, 0.3) is 5.69 Å². The number of hydrogen-bond acceptors (Lipinski definition) is 5. The van der Waals surface area contributed by atoms with Crippen LogP contribution in [0.3, 0.4) is 0 Å². The SMILES string of the molecule is O=[N+]([O-])c1cc(Cl)c(OCC2(CS)CCOCC2)c(Cl)c1. The Balaban J connectivity index is 2.14. The van der Waals surface area contributed by atoms with E-state index in [-0.39, 0.29) is 26.9 Å². The van der Waals surface area contributed by atoms with Crippen molar-refractivity contribution in [3.05, 3.63) is 32.3 Å². The highest BCUT2D eigenvalue weighted by atomic mass is 35.5. The van der Waals surface area contributed by atoms with Crippen LogP contribution in [0.1, 0.15) is 12.8 Å². The highest BCUT2D eigenvalue weighted by Crippen LogP contribution is 2.39. The molecule has 1 fully saturated rings. The van der Waals surface area contributed by atoms with E-state index < -0.39 is 4.92 Å². The fraction of sp³-hybridized carbons (Fsp3) is 0.538. The topological polar surface area (TPSA) is 61.6 Å². The summed E-state index contributed by atoms with van der Waals surface area (Å²) in [6.07, 6.45) is 1.69. The smallest absolute Gasteiger partial charge is 0.272 e. The Bertz CT molecular complexity index is 512. The van der Waals surface area contributed by atoms with Crippen LogP contribution in [-0.2, 0) is 4.74 Å². The Kier molecular flexibility index (Phi) is 5.60. The summed E-state index contributed by atoms with van der Waals surface area (Å²) in [5.41, 5.74) is -0.247. The number of nitro benzene ring substituents is 1. The number of halogens is 2. The van der Waals surface area contributed by atoms with E-state index in [0.717, 1.165) is 12.8 Å². The van der Waals surface area contributed by atoms with E-state index in [9.17, 15) is 10.1 Å². The lowest BCUT2D eigenvalue weighted by Crippen LogP contribution is -2.37. The quantitative estimate of drug-likeness (QED) is 0.494. The first-order valence-electron chi connectivity index (χ1n) is 6.42. The molecule has 0 spiro atoms. The number of non-ortho nitro benzene ring substituents is 1. The maximum absolute atomic E-state index is 10.7. The minimum atomic E-state index is -0.546. The Labute approximate surface area is 138 Å². The third kappa shape index (κ3) is 3.94. The first-order chi connectivity index (χ1) is 9.97. The predicted octanol–water partition coefficient (Wildman–Crippen LogP) is 4.01. The van der Waals surface area contributed by atoms with Crippen molar-refractivity contribution in [1.82, 2.24) is 0 Å². The second kappa shape index (κ2) is 7.05. The molecule has 0 aliphatic carbocycles. The van der Waals surface area contributed by atoms with Crippen LogP contribution < -0.4 is 4.74 Å². The lowest BCUT2D eigenvalue weighted by atomic mass is 9.83. The van der Waals surface area contributed by atoms with Crippen molar-refractivity contribution < 1.29 is 14.4 Å². The van der Waals surface area contributed by atoms with Gasteiger partial charge in [-0.25, -0.2) is 0 Å². The molecule has 0 radical (unpaired) electrons. The molecule has 0 atom stereocenters. The van der Waals surface area contributed by atoms with Gasteiger partial charge in [0.05, 0.1) is 21.6 Å². The van der Waals surface area contributed by atoms with Gasteiger partial charge in [-0.15, -0.1) is 0 Å². The molecule has 1 aromatic rings. The summed E-state index contributed by atoms with van der Waals surface area (Å²) in [6, 6.07) is 2.47. The van der Waals surface area contributed by atoms with E-state index in [1.165, 1.54) is 12.1 Å². The van der Waals surface area contributed by atoms with Crippen molar-refractivity contribution in [2.24, 2.45) is 5.41 Å². The second-order valence-electron chi connectivity index (χ2n) is 5.05. The average molecular weight is 352 g/mol. The first kappa shape index (κ1) is 16.7. The summed E-state index contributed by atoms with van der Waals surface area (Å²) in [5.74, 6) is 0.940. The van der Waals surface area contributed by atoms with Crippen LogP contribution in [0, 0.1) is 15.5 Å². The molecule has 116 valence electrons. The van der Waals surface area contributed by atoms with Gasteiger partial charge < -0.3 is 9.47 Å². The molecule has 0 aromatic heterocycles. The van der Waals surface area contributed by atoms with Crippen LogP contribution in [-0.4, -0.2) is 30.5 Å². The highest BCUT2D eigenvalue weighted by molar-refractivity contribution is 7.80. The van der Waals surface area contributed by atoms with Gasteiger partial charge in [-0.1, -0.05) is 23.2 Å². The first-order valence-corrected chi connectivity index (χ1v) is 7.81. The molecule has 5 nitrogen and oxygen atoms in total. The molecule has 0 unspecified atom stereocenters. The summed E-state index contributed by atoms with van der Waals surface area (Å²) in [6.45, 7) is 1.74. The lowest BCUT2D eigenvalue weighted by molar-refractivity contribution is -0.384. The van der Waals surface area contributed by atoms with Gasteiger partial charge in [-0.3, -0.25) is 10.1 Å².